The molecule has 3 nitrogen and oxygen atoms in total. The molecule has 0 aromatic rings. The van der Waals surface area contributed by atoms with Crippen LogP contribution in [-0.4, -0.2) is 25.5 Å². The number of carbonyl (C=O) groups excluding carboxylic acids is 1. The van der Waals surface area contributed by atoms with Crippen LogP contribution in [0.4, 0.5) is 0 Å². The minimum Gasteiger partial charge on any atom is -0.356 e. The van der Waals surface area contributed by atoms with E-state index in [1.807, 2.05) is 0 Å². The first-order chi connectivity index (χ1) is 8.18. The molecule has 1 amide bonds. The summed E-state index contributed by atoms with van der Waals surface area (Å²) < 4.78 is 0. The van der Waals surface area contributed by atoms with E-state index in [1.165, 1.54) is 19.3 Å². The third-order valence-corrected chi connectivity index (χ3v) is 4.72. The van der Waals surface area contributed by atoms with E-state index >= 15 is 0 Å². The molecule has 0 spiro atoms. The Bertz CT molecular complexity index is 267. The van der Waals surface area contributed by atoms with Gasteiger partial charge in [-0.15, -0.1) is 0 Å². The van der Waals surface area contributed by atoms with Crippen molar-refractivity contribution in [2.45, 2.75) is 39.5 Å². The monoisotopic (exact) mass is 238 g/mol. The maximum absolute atomic E-state index is 12.1. The molecular weight excluding hydrogens is 212 g/mol. The van der Waals surface area contributed by atoms with Gasteiger partial charge in [-0.05, 0) is 50.1 Å². The van der Waals surface area contributed by atoms with E-state index in [0.717, 1.165) is 32.0 Å². The summed E-state index contributed by atoms with van der Waals surface area (Å²) in [5, 5.41) is 6.59. The summed E-state index contributed by atoms with van der Waals surface area (Å²) in [5.74, 6) is 2.51. The number of hydrogen-bond acceptors (Lipinski definition) is 2. The second-order valence-corrected chi connectivity index (χ2v) is 5.99. The topological polar surface area (TPSA) is 41.1 Å². The highest BCUT2D eigenvalue weighted by atomic mass is 16.1. The largest absolute Gasteiger partial charge is 0.356 e. The maximum atomic E-state index is 12.1. The van der Waals surface area contributed by atoms with E-state index in [2.05, 4.69) is 24.5 Å². The van der Waals surface area contributed by atoms with Crippen LogP contribution in [0.15, 0.2) is 0 Å². The van der Waals surface area contributed by atoms with Gasteiger partial charge in [0.15, 0.2) is 0 Å². The summed E-state index contributed by atoms with van der Waals surface area (Å²) in [5.41, 5.74) is 0. The molecule has 4 atom stereocenters. The lowest BCUT2D eigenvalue weighted by Gasteiger charge is -2.30. The summed E-state index contributed by atoms with van der Waals surface area (Å²) in [6.07, 6.45) is 4.77. The first-order valence-corrected chi connectivity index (χ1v) is 7.17. The first-order valence-electron chi connectivity index (χ1n) is 7.17. The molecule has 1 saturated carbocycles. The molecular formula is C14H26N2O. The van der Waals surface area contributed by atoms with E-state index < -0.39 is 0 Å². The van der Waals surface area contributed by atoms with Crippen molar-refractivity contribution in [3.05, 3.63) is 0 Å². The van der Waals surface area contributed by atoms with Crippen molar-refractivity contribution in [1.29, 1.82) is 0 Å². The molecule has 98 valence electrons. The number of rotatable bonds is 3. The average molecular weight is 238 g/mol. The van der Waals surface area contributed by atoms with Crippen molar-refractivity contribution in [3.8, 4) is 0 Å². The third-order valence-electron chi connectivity index (χ3n) is 4.72. The summed E-state index contributed by atoms with van der Waals surface area (Å²) in [6, 6.07) is 0. The van der Waals surface area contributed by atoms with Crippen molar-refractivity contribution in [3.63, 3.8) is 0 Å². The molecule has 1 aliphatic heterocycles. The number of amides is 1. The number of nitrogens with one attached hydrogen (secondary N) is 2. The minimum atomic E-state index is 0.279. The number of piperidine rings is 1. The SMILES string of the molecule is CC1CCNCC1CNC(=O)C1CCCC1C. The van der Waals surface area contributed by atoms with Gasteiger partial charge in [0.25, 0.3) is 0 Å². The Kier molecular flexibility index (Phi) is 4.43. The van der Waals surface area contributed by atoms with E-state index in [9.17, 15) is 4.79 Å². The van der Waals surface area contributed by atoms with Crippen LogP contribution in [0, 0.1) is 23.7 Å². The van der Waals surface area contributed by atoms with Crippen LogP contribution in [0.25, 0.3) is 0 Å². The van der Waals surface area contributed by atoms with Gasteiger partial charge < -0.3 is 10.6 Å². The van der Waals surface area contributed by atoms with Crippen molar-refractivity contribution < 1.29 is 4.79 Å². The molecule has 1 aliphatic carbocycles. The fourth-order valence-electron chi connectivity index (χ4n) is 3.23. The van der Waals surface area contributed by atoms with Crippen LogP contribution in [0.1, 0.15) is 39.5 Å². The van der Waals surface area contributed by atoms with Crippen molar-refractivity contribution in [1.82, 2.24) is 10.6 Å². The molecule has 0 aromatic carbocycles. The zero-order valence-electron chi connectivity index (χ0n) is 11.2. The zero-order chi connectivity index (χ0) is 12.3. The van der Waals surface area contributed by atoms with Gasteiger partial charge in [0.2, 0.25) is 5.91 Å². The molecule has 1 saturated heterocycles. The van der Waals surface area contributed by atoms with Crippen molar-refractivity contribution in [2.75, 3.05) is 19.6 Å². The highest BCUT2D eigenvalue weighted by Crippen LogP contribution is 2.31. The molecule has 3 heteroatoms. The zero-order valence-corrected chi connectivity index (χ0v) is 11.2. The molecule has 17 heavy (non-hydrogen) atoms. The first kappa shape index (κ1) is 12.9. The van der Waals surface area contributed by atoms with E-state index in [0.29, 0.717) is 17.7 Å². The molecule has 4 unspecified atom stereocenters. The van der Waals surface area contributed by atoms with Gasteiger partial charge in [0.1, 0.15) is 0 Å². The van der Waals surface area contributed by atoms with E-state index in [4.69, 9.17) is 0 Å². The highest BCUT2D eigenvalue weighted by Gasteiger charge is 2.30. The predicted octanol–water partition coefficient (Wildman–Crippen LogP) is 1.78. The predicted molar refractivity (Wildman–Crippen MR) is 69.7 cm³/mol. The Morgan fingerprint density at radius 1 is 1.24 bits per heavy atom. The Labute approximate surface area is 105 Å². The molecule has 1 heterocycles. The van der Waals surface area contributed by atoms with Crippen LogP contribution in [-0.2, 0) is 4.79 Å². The fourth-order valence-corrected chi connectivity index (χ4v) is 3.23. The lowest BCUT2D eigenvalue weighted by molar-refractivity contribution is -0.126. The standard InChI is InChI=1S/C14H26N2O/c1-10-6-7-15-8-12(10)9-16-14(17)13-5-3-4-11(13)2/h10-13,15H,3-9H2,1-2H3,(H,16,17). The quantitative estimate of drug-likeness (QED) is 0.787. The van der Waals surface area contributed by atoms with Crippen LogP contribution < -0.4 is 10.6 Å². The fraction of sp³-hybridized carbons (Fsp3) is 0.929. The van der Waals surface area contributed by atoms with Gasteiger partial charge in [-0.1, -0.05) is 20.3 Å². The number of carbonyl (C=O) groups is 1. The van der Waals surface area contributed by atoms with Gasteiger partial charge in [0.05, 0.1) is 0 Å². The van der Waals surface area contributed by atoms with E-state index in [-0.39, 0.29) is 5.92 Å². The average Bonchev–Trinajstić information content (AvgIpc) is 2.74. The molecule has 0 radical (unpaired) electrons. The lowest BCUT2D eigenvalue weighted by Crippen LogP contribution is -2.43. The van der Waals surface area contributed by atoms with Crippen LogP contribution in [0.2, 0.25) is 0 Å². The van der Waals surface area contributed by atoms with E-state index in [1.54, 1.807) is 0 Å². The molecule has 2 N–H and O–H groups in total. The van der Waals surface area contributed by atoms with Gasteiger partial charge in [-0.25, -0.2) is 0 Å². The van der Waals surface area contributed by atoms with Crippen molar-refractivity contribution in [2.24, 2.45) is 23.7 Å². The molecule has 0 aromatic heterocycles. The van der Waals surface area contributed by atoms with Gasteiger partial charge in [0, 0.05) is 12.5 Å². The van der Waals surface area contributed by atoms with Crippen LogP contribution in [0.3, 0.4) is 0 Å². The Balaban J connectivity index is 1.75. The third kappa shape index (κ3) is 3.21. The highest BCUT2D eigenvalue weighted by molar-refractivity contribution is 5.79. The molecule has 2 rings (SSSR count). The second kappa shape index (κ2) is 5.85. The maximum Gasteiger partial charge on any atom is 0.223 e. The lowest BCUT2D eigenvalue weighted by atomic mass is 9.88. The molecule has 2 aliphatic rings. The van der Waals surface area contributed by atoms with Gasteiger partial charge in [-0.3, -0.25) is 4.79 Å². The van der Waals surface area contributed by atoms with Crippen molar-refractivity contribution >= 4 is 5.91 Å². The van der Waals surface area contributed by atoms with Gasteiger partial charge in [-0.2, -0.15) is 0 Å². The Hall–Kier alpha value is -0.570. The van der Waals surface area contributed by atoms with Crippen LogP contribution >= 0.6 is 0 Å². The smallest absolute Gasteiger partial charge is 0.223 e. The molecule has 0 bridgehead atoms. The minimum absolute atomic E-state index is 0.279. The number of hydrogen-bond donors (Lipinski definition) is 2. The summed E-state index contributed by atoms with van der Waals surface area (Å²) in [4.78, 5) is 12.1. The summed E-state index contributed by atoms with van der Waals surface area (Å²) in [7, 11) is 0. The van der Waals surface area contributed by atoms with Gasteiger partial charge >= 0.3 is 0 Å². The second-order valence-electron chi connectivity index (χ2n) is 5.99. The molecule has 2 fully saturated rings. The Morgan fingerprint density at radius 2 is 2.06 bits per heavy atom. The Morgan fingerprint density at radius 3 is 2.71 bits per heavy atom. The van der Waals surface area contributed by atoms with Crippen LogP contribution in [0.5, 0.6) is 0 Å². The normalized spacial score (nSPS) is 38.0. The summed E-state index contributed by atoms with van der Waals surface area (Å²) >= 11 is 0. The summed E-state index contributed by atoms with van der Waals surface area (Å²) in [6.45, 7) is 7.56.